The number of halogens is 1. The van der Waals surface area contributed by atoms with Gasteiger partial charge in [-0.25, -0.2) is 9.78 Å². The van der Waals surface area contributed by atoms with Gasteiger partial charge in [0.1, 0.15) is 5.69 Å². The first-order chi connectivity index (χ1) is 9.65. The van der Waals surface area contributed by atoms with E-state index in [-0.39, 0.29) is 17.3 Å². The third-order valence-corrected chi connectivity index (χ3v) is 3.06. The molecule has 2 aromatic heterocycles. The molecule has 0 unspecified atom stereocenters. The number of H-pyrrole nitrogens is 1. The number of imidazole rings is 1. The van der Waals surface area contributed by atoms with Crippen LogP contribution in [0.3, 0.4) is 0 Å². The van der Waals surface area contributed by atoms with Gasteiger partial charge in [0.05, 0.1) is 6.33 Å². The zero-order chi connectivity index (χ0) is 14.1. The Morgan fingerprint density at radius 3 is 3.00 bits per heavy atom. The second-order valence-electron chi connectivity index (χ2n) is 3.86. The molecule has 20 heavy (non-hydrogen) atoms. The molecular formula is C12H7BrN4O3. The largest absolute Gasteiger partial charge is 0.476 e. The highest BCUT2D eigenvalue weighted by molar-refractivity contribution is 9.10. The lowest BCUT2D eigenvalue weighted by molar-refractivity contribution is 0.0691. The molecule has 0 aliphatic heterocycles. The highest BCUT2D eigenvalue weighted by Gasteiger charge is 2.20. The fourth-order valence-corrected chi connectivity index (χ4v) is 2.09. The van der Waals surface area contributed by atoms with Crippen LogP contribution in [-0.2, 0) is 0 Å². The molecule has 0 saturated carbocycles. The Labute approximate surface area is 120 Å². The van der Waals surface area contributed by atoms with E-state index in [1.807, 2.05) is 24.3 Å². The van der Waals surface area contributed by atoms with Gasteiger partial charge in [-0.05, 0) is 12.1 Å². The number of carboxylic acids is 1. The van der Waals surface area contributed by atoms with Crippen LogP contribution in [0, 0.1) is 0 Å². The first kappa shape index (κ1) is 12.5. The van der Waals surface area contributed by atoms with Crippen molar-refractivity contribution >= 4 is 21.9 Å². The van der Waals surface area contributed by atoms with Crippen molar-refractivity contribution in [1.82, 2.24) is 20.1 Å². The third kappa shape index (κ3) is 2.21. The topological polar surface area (TPSA) is 105 Å². The summed E-state index contributed by atoms with van der Waals surface area (Å²) >= 11 is 3.36. The summed E-state index contributed by atoms with van der Waals surface area (Å²) in [6.07, 6.45) is 1.27. The van der Waals surface area contributed by atoms with E-state index < -0.39 is 5.97 Å². The number of nitrogens with one attached hydrogen (secondary N) is 1. The summed E-state index contributed by atoms with van der Waals surface area (Å²) in [6, 6.07) is 7.38. The molecule has 0 amide bonds. The van der Waals surface area contributed by atoms with E-state index in [1.54, 1.807) is 0 Å². The molecular weight excluding hydrogens is 328 g/mol. The molecule has 100 valence electrons. The fraction of sp³-hybridized carbons (Fsp3) is 0. The molecule has 0 atom stereocenters. The second-order valence-corrected chi connectivity index (χ2v) is 4.78. The van der Waals surface area contributed by atoms with Gasteiger partial charge in [0.2, 0.25) is 5.82 Å². The number of hydrogen-bond acceptors (Lipinski definition) is 5. The lowest BCUT2D eigenvalue weighted by Gasteiger charge is -1.94. The van der Waals surface area contributed by atoms with E-state index in [0.717, 1.165) is 10.0 Å². The molecule has 0 fully saturated rings. The number of rotatable bonds is 3. The summed E-state index contributed by atoms with van der Waals surface area (Å²) in [6.45, 7) is 0. The lowest BCUT2D eigenvalue weighted by atomic mass is 10.2. The molecule has 0 saturated heterocycles. The van der Waals surface area contributed by atoms with E-state index in [9.17, 15) is 4.79 Å². The van der Waals surface area contributed by atoms with Gasteiger partial charge in [-0.2, -0.15) is 4.98 Å². The van der Waals surface area contributed by atoms with Gasteiger partial charge >= 0.3 is 5.97 Å². The Hall–Kier alpha value is -2.48. The smallest absolute Gasteiger partial charge is 0.356 e. The summed E-state index contributed by atoms with van der Waals surface area (Å²) in [5, 5.41) is 12.8. The Kier molecular flexibility index (Phi) is 3.07. The normalized spacial score (nSPS) is 10.7. The van der Waals surface area contributed by atoms with E-state index in [1.165, 1.54) is 6.33 Å². The van der Waals surface area contributed by atoms with Crippen LogP contribution >= 0.6 is 15.9 Å². The zero-order valence-electron chi connectivity index (χ0n) is 9.87. The predicted octanol–water partition coefficient (Wildman–Crippen LogP) is 2.59. The first-order valence-corrected chi connectivity index (χ1v) is 6.31. The Morgan fingerprint density at radius 1 is 1.40 bits per heavy atom. The summed E-state index contributed by atoms with van der Waals surface area (Å²) in [5.74, 6) is -0.717. The van der Waals surface area contributed by atoms with E-state index >= 15 is 0 Å². The molecule has 8 heteroatoms. The fourth-order valence-electron chi connectivity index (χ4n) is 1.69. The minimum Gasteiger partial charge on any atom is -0.476 e. The van der Waals surface area contributed by atoms with Crippen molar-refractivity contribution in [2.45, 2.75) is 0 Å². The van der Waals surface area contributed by atoms with Crippen LogP contribution in [0.1, 0.15) is 10.5 Å². The van der Waals surface area contributed by atoms with Crippen molar-refractivity contribution in [3.63, 3.8) is 0 Å². The molecule has 3 aromatic rings. The number of carboxylic acid groups (broad SMARTS) is 1. The maximum Gasteiger partial charge on any atom is 0.356 e. The standard InChI is InChI=1S/C12H7BrN4O3/c13-7-3-1-2-6(4-7)10-16-11(20-17-10)8-9(12(18)19)15-5-14-8/h1-5H,(H,14,15)(H,18,19). The predicted molar refractivity (Wildman–Crippen MR) is 72.0 cm³/mol. The van der Waals surface area contributed by atoms with Crippen LogP contribution in [-0.4, -0.2) is 31.2 Å². The summed E-state index contributed by atoms with van der Waals surface area (Å²) in [7, 11) is 0. The van der Waals surface area contributed by atoms with Gasteiger partial charge in [-0.15, -0.1) is 0 Å². The molecule has 0 spiro atoms. The zero-order valence-corrected chi connectivity index (χ0v) is 11.5. The number of benzene rings is 1. The molecule has 1 aromatic carbocycles. The van der Waals surface area contributed by atoms with E-state index in [4.69, 9.17) is 9.63 Å². The molecule has 0 aliphatic carbocycles. The van der Waals surface area contributed by atoms with Crippen LogP contribution in [0.25, 0.3) is 23.0 Å². The molecule has 7 nitrogen and oxygen atoms in total. The summed E-state index contributed by atoms with van der Waals surface area (Å²) < 4.78 is 5.97. The van der Waals surface area contributed by atoms with Crippen LogP contribution in [0.5, 0.6) is 0 Å². The Bertz CT molecular complexity index is 780. The van der Waals surface area contributed by atoms with Gasteiger partial charge in [0, 0.05) is 10.0 Å². The molecule has 2 N–H and O–H groups in total. The summed E-state index contributed by atoms with van der Waals surface area (Å²) in [4.78, 5) is 21.6. The van der Waals surface area contributed by atoms with Gasteiger partial charge in [0.15, 0.2) is 5.69 Å². The van der Waals surface area contributed by atoms with E-state index in [0.29, 0.717) is 5.82 Å². The maximum atomic E-state index is 11.0. The van der Waals surface area contributed by atoms with Gasteiger partial charge < -0.3 is 14.6 Å². The molecule has 0 bridgehead atoms. The van der Waals surface area contributed by atoms with Crippen molar-refractivity contribution in [2.24, 2.45) is 0 Å². The maximum absolute atomic E-state index is 11.0. The average Bonchev–Trinajstić information content (AvgIpc) is 3.07. The molecule has 3 rings (SSSR count). The van der Waals surface area contributed by atoms with E-state index in [2.05, 4.69) is 36.0 Å². The minimum absolute atomic E-state index is 0.0786. The van der Waals surface area contributed by atoms with Crippen LogP contribution in [0.2, 0.25) is 0 Å². The van der Waals surface area contributed by atoms with Crippen molar-refractivity contribution in [3.05, 3.63) is 40.8 Å². The van der Waals surface area contributed by atoms with Gasteiger partial charge in [0.25, 0.3) is 5.89 Å². The number of carbonyl (C=O) groups is 1. The highest BCUT2D eigenvalue weighted by atomic mass is 79.9. The lowest BCUT2D eigenvalue weighted by Crippen LogP contribution is -1.99. The van der Waals surface area contributed by atoms with Crippen molar-refractivity contribution < 1.29 is 14.4 Å². The first-order valence-electron chi connectivity index (χ1n) is 5.52. The SMILES string of the molecule is O=C(O)c1nc[nH]c1-c1nc(-c2cccc(Br)c2)no1. The molecule has 0 aliphatic rings. The minimum atomic E-state index is -1.16. The number of nitrogens with zero attached hydrogens (tertiary/aromatic N) is 3. The van der Waals surface area contributed by atoms with Crippen LogP contribution < -0.4 is 0 Å². The van der Waals surface area contributed by atoms with Crippen molar-refractivity contribution in [2.75, 3.05) is 0 Å². The van der Waals surface area contributed by atoms with Crippen LogP contribution in [0.4, 0.5) is 0 Å². The van der Waals surface area contributed by atoms with Gasteiger partial charge in [-0.1, -0.05) is 33.2 Å². The molecule has 2 heterocycles. The van der Waals surface area contributed by atoms with Crippen molar-refractivity contribution in [1.29, 1.82) is 0 Å². The van der Waals surface area contributed by atoms with Gasteiger partial charge in [-0.3, -0.25) is 0 Å². The average molecular weight is 335 g/mol. The summed E-state index contributed by atoms with van der Waals surface area (Å²) in [5.41, 5.74) is 0.784. The van der Waals surface area contributed by atoms with Crippen molar-refractivity contribution in [3.8, 4) is 23.0 Å². The Balaban J connectivity index is 2.02. The second kappa shape index (κ2) is 4.89. The monoisotopic (exact) mass is 334 g/mol. The molecule has 0 radical (unpaired) electrons. The number of aromatic nitrogens is 4. The number of aromatic carboxylic acids is 1. The van der Waals surface area contributed by atoms with Crippen LogP contribution in [0.15, 0.2) is 39.6 Å². The quantitative estimate of drug-likeness (QED) is 0.762. The highest BCUT2D eigenvalue weighted by Crippen LogP contribution is 2.24. The number of hydrogen-bond donors (Lipinski definition) is 2. The number of aromatic amines is 1. The Morgan fingerprint density at radius 2 is 2.25 bits per heavy atom. The third-order valence-electron chi connectivity index (χ3n) is 2.56.